The van der Waals surface area contributed by atoms with Gasteiger partial charge in [-0.15, -0.1) is 0 Å². The number of hydrogen-bond donors (Lipinski definition) is 3. The fourth-order valence-electron chi connectivity index (χ4n) is 1.55. The van der Waals surface area contributed by atoms with Gasteiger partial charge in [0.1, 0.15) is 6.23 Å². The second-order valence-electron chi connectivity index (χ2n) is 4.05. The van der Waals surface area contributed by atoms with Gasteiger partial charge in [-0.05, 0) is 44.0 Å². The molecule has 1 aromatic rings. The molecule has 102 valence electrons. The van der Waals surface area contributed by atoms with Crippen LogP contribution in [0.25, 0.3) is 0 Å². The molecule has 0 saturated carbocycles. The van der Waals surface area contributed by atoms with Crippen molar-refractivity contribution in [3.8, 4) is 0 Å². The summed E-state index contributed by atoms with van der Waals surface area (Å²) in [5, 5.41) is 21.4. The fraction of sp³-hybridized carbons (Fsp3) is 0.267. The van der Waals surface area contributed by atoms with E-state index < -0.39 is 12.2 Å². The average Bonchev–Trinajstić information content (AvgIpc) is 2.38. The summed E-state index contributed by atoms with van der Waals surface area (Å²) in [5.74, 6) is -0.986. The molecule has 0 fully saturated rings. The lowest BCUT2D eigenvalue weighted by atomic mass is 10.2. The molecule has 0 aliphatic heterocycles. The Morgan fingerprint density at radius 2 is 2.11 bits per heavy atom. The third-order valence-electron chi connectivity index (χ3n) is 2.48. The largest absolute Gasteiger partial charge is 0.478 e. The molecule has 0 heterocycles. The third-order valence-corrected chi connectivity index (χ3v) is 2.48. The first-order valence-corrected chi connectivity index (χ1v) is 6.19. The van der Waals surface area contributed by atoms with E-state index in [9.17, 15) is 9.90 Å². The Morgan fingerprint density at radius 1 is 1.37 bits per heavy atom. The summed E-state index contributed by atoms with van der Waals surface area (Å²) in [6.07, 6.45) is 8.55. The highest BCUT2D eigenvalue weighted by Crippen LogP contribution is 2.11. The van der Waals surface area contributed by atoms with Gasteiger partial charge in [-0.25, -0.2) is 4.79 Å². The Balaban J connectivity index is 2.49. The number of carbonyl (C=O) groups is 1. The van der Waals surface area contributed by atoms with E-state index in [4.69, 9.17) is 5.11 Å². The van der Waals surface area contributed by atoms with Crippen LogP contribution in [0, 0.1) is 0 Å². The number of benzene rings is 1. The fourth-order valence-corrected chi connectivity index (χ4v) is 1.55. The molecular weight excluding hydrogens is 242 g/mol. The number of carboxylic acids is 1. The molecule has 3 N–H and O–H groups in total. The molecule has 1 rings (SSSR count). The number of anilines is 1. The normalized spacial score (nSPS) is 12.9. The van der Waals surface area contributed by atoms with E-state index in [1.54, 1.807) is 18.2 Å². The number of hydrogen-bond acceptors (Lipinski definition) is 3. The van der Waals surface area contributed by atoms with Gasteiger partial charge in [-0.2, -0.15) is 0 Å². The Bertz CT molecular complexity index is 466. The minimum atomic E-state index is -0.986. The maximum absolute atomic E-state index is 10.8. The molecule has 1 unspecified atom stereocenters. The third kappa shape index (κ3) is 5.88. The van der Waals surface area contributed by atoms with Gasteiger partial charge < -0.3 is 15.5 Å². The van der Waals surface area contributed by atoms with Crippen molar-refractivity contribution < 1.29 is 15.0 Å². The number of aliphatic hydroxyl groups excluding tert-OH is 1. The summed E-state index contributed by atoms with van der Waals surface area (Å²) in [5.41, 5.74) is 0.764. The number of carboxylic acid groups (broad SMARTS) is 1. The van der Waals surface area contributed by atoms with Gasteiger partial charge in [0.15, 0.2) is 0 Å². The molecule has 0 aromatic heterocycles. The Hall–Kier alpha value is -2.07. The number of unbranched alkanes of at least 4 members (excludes halogenated alkanes) is 1. The minimum absolute atomic E-state index is 0.189. The highest BCUT2D eigenvalue weighted by molar-refractivity contribution is 5.88. The van der Waals surface area contributed by atoms with E-state index in [0.717, 1.165) is 12.8 Å². The maximum Gasteiger partial charge on any atom is 0.335 e. The van der Waals surface area contributed by atoms with Crippen LogP contribution in [0.4, 0.5) is 5.69 Å². The van der Waals surface area contributed by atoms with Crippen LogP contribution in [0.1, 0.15) is 30.1 Å². The molecule has 1 atom stereocenters. The number of nitrogens with one attached hydrogen (secondary N) is 1. The standard InChI is InChI=1S/C15H19NO3/c1-2-3-4-5-6-10-14(17)16-13-9-7-8-12(11-13)15(18)19/h2-3,6-11,14,16-17H,4-5H2,1H3,(H,18,19). The minimum Gasteiger partial charge on any atom is -0.478 e. The van der Waals surface area contributed by atoms with Crippen molar-refractivity contribution in [3.05, 3.63) is 54.1 Å². The predicted molar refractivity (Wildman–Crippen MR) is 76.2 cm³/mol. The molecular formula is C15H19NO3. The molecule has 0 spiro atoms. The zero-order valence-electron chi connectivity index (χ0n) is 10.9. The van der Waals surface area contributed by atoms with E-state index in [1.807, 2.05) is 19.1 Å². The lowest BCUT2D eigenvalue weighted by molar-refractivity contribution is 0.0697. The molecule has 4 heteroatoms. The molecule has 19 heavy (non-hydrogen) atoms. The van der Waals surface area contributed by atoms with Gasteiger partial charge in [0.05, 0.1) is 5.56 Å². The van der Waals surface area contributed by atoms with Crippen LogP contribution >= 0.6 is 0 Å². The van der Waals surface area contributed by atoms with E-state index in [1.165, 1.54) is 12.1 Å². The van der Waals surface area contributed by atoms with Gasteiger partial charge in [0.2, 0.25) is 0 Å². The lowest BCUT2D eigenvalue weighted by Gasteiger charge is -2.10. The number of allylic oxidation sites excluding steroid dienone is 3. The number of aromatic carboxylic acids is 1. The van der Waals surface area contributed by atoms with Crippen molar-refractivity contribution in [3.63, 3.8) is 0 Å². The van der Waals surface area contributed by atoms with Crippen LogP contribution in [0.3, 0.4) is 0 Å². The zero-order valence-corrected chi connectivity index (χ0v) is 10.9. The summed E-state index contributed by atoms with van der Waals surface area (Å²) in [4.78, 5) is 10.8. The summed E-state index contributed by atoms with van der Waals surface area (Å²) >= 11 is 0. The highest BCUT2D eigenvalue weighted by Gasteiger charge is 2.04. The van der Waals surface area contributed by atoms with E-state index in [-0.39, 0.29) is 5.56 Å². The van der Waals surface area contributed by atoms with Gasteiger partial charge in [0.25, 0.3) is 0 Å². The predicted octanol–water partition coefficient (Wildman–Crippen LogP) is 3.03. The summed E-state index contributed by atoms with van der Waals surface area (Å²) in [7, 11) is 0. The van der Waals surface area contributed by atoms with E-state index >= 15 is 0 Å². The lowest BCUT2D eigenvalue weighted by Crippen LogP contribution is -2.15. The first-order valence-electron chi connectivity index (χ1n) is 6.19. The van der Waals surface area contributed by atoms with Crippen molar-refractivity contribution in [2.24, 2.45) is 0 Å². The molecule has 1 aromatic carbocycles. The second kappa shape index (κ2) is 8.11. The Morgan fingerprint density at radius 3 is 2.79 bits per heavy atom. The first kappa shape index (κ1) is 15.0. The van der Waals surface area contributed by atoms with Gasteiger partial charge in [-0.3, -0.25) is 0 Å². The molecule has 4 nitrogen and oxygen atoms in total. The van der Waals surface area contributed by atoms with Crippen molar-refractivity contribution in [1.29, 1.82) is 0 Å². The molecule has 0 aliphatic rings. The summed E-state index contributed by atoms with van der Waals surface area (Å²) in [6.45, 7) is 1.97. The van der Waals surface area contributed by atoms with Crippen molar-refractivity contribution in [1.82, 2.24) is 0 Å². The first-order chi connectivity index (χ1) is 9.13. The summed E-state index contributed by atoms with van der Waals surface area (Å²) in [6, 6.07) is 6.34. The van der Waals surface area contributed by atoms with Crippen LogP contribution in [0.2, 0.25) is 0 Å². The van der Waals surface area contributed by atoms with Crippen LogP contribution in [-0.2, 0) is 0 Å². The molecule has 0 saturated heterocycles. The maximum atomic E-state index is 10.8. The SMILES string of the molecule is CC=CCCC=CC(O)Nc1cccc(C(=O)O)c1. The van der Waals surface area contributed by atoms with Gasteiger partial charge in [-0.1, -0.05) is 24.3 Å². The quantitative estimate of drug-likeness (QED) is 0.401. The Labute approximate surface area is 113 Å². The van der Waals surface area contributed by atoms with Crippen molar-refractivity contribution in [2.45, 2.75) is 26.0 Å². The zero-order chi connectivity index (χ0) is 14.1. The molecule has 0 bridgehead atoms. The Kier molecular flexibility index (Phi) is 6.39. The molecule has 0 amide bonds. The number of rotatable bonds is 7. The topological polar surface area (TPSA) is 69.6 Å². The monoisotopic (exact) mass is 261 g/mol. The molecule has 0 radical (unpaired) electrons. The summed E-state index contributed by atoms with van der Waals surface area (Å²) < 4.78 is 0. The second-order valence-corrected chi connectivity index (χ2v) is 4.05. The van der Waals surface area contributed by atoms with Crippen LogP contribution in [0.5, 0.6) is 0 Å². The van der Waals surface area contributed by atoms with E-state index in [2.05, 4.69) is 11.4 Å². The van der Waals surface area contributed by atoms with Crippen LogP contribution in [0.15, 0.2) is 48.6 Å². The van der Waals surface area contributed by atoms with Crippen LogP contribution in [-0.4, -0.2) is 22.4 Å². The van der Waals surface area contributed by atoms with Crippen LogP contribution < -0.4 is 5.32 Å². The number of aliphatic hydroxyl groups is 1. The smallest absolute Gasteiger partial charge is 0.335 e. The highest BCUT2D eigenvalue weighted by atomic mass is 16.4. The van der Waals surface area contributed by atoms with Gasteiger partial charge >= 0.3 is 5.97 Å². The van der Waals surface area contributed by atoms with E-state index in [0.29, 0.717) is 5.69 Å². The molecule has 0 aliphatic carbocycles. The average molecular weight is 261 g/mol. The van der Waals surface area contributed by atoms with Crippen molar-refractivity contribution >= 4 is 11.7 Å². The van der Waals surface area contributed by atoms with Crippen molar-refractivity contribution in [2.75, 3.05) is 5.32 Å². The van der Waals surface area contributed by atoms with Gasteiger partial charge in [0, 0.05) is 5.69 Å².